The van der Waals surface area contributed by atoms with Crippen molar-refractivity contribution in [2.24, 2.45) is 0 Å². The number of carbonyl (C=O) groups excluding carboxylic acids is 2. The lowest BCUT2D eigenvalue weighted by molar-refractivity contribution is -0.127. The Hall–Kier alpha value is -0.226. The van der Waals surface area contributed by atoms with Gasteiger partial charge in [0.2, 0.25) is 0 Å². The Labute approximate surface area is 41.8 Å². The van der Waals surface area contributed by atoms with E-state index in [1.165, 1.54) is 0 Å². The standard InChI is InChI=1S/C2H6O2Si2/c3-1(5)2(4)6/h5-6H3. The van der Waals surface area contributed by atoms with Crippen LogP contribution in [0.5, 0.6) is 0 Å². The molecule has 0 unspecified atom stereocenters. The predicted molar refractivity (Wildman–Crippen MR) is 29.9 cm³/mol. The van der Waals surface area contributed by atoms with Crippen LogP contribution in [0, 0.1) is 0 Å². The van der Waals surface area contributed by atoms with Gasteiger partial charge in [0, 0.05) is 0 Å². The summed E-state index contributed by atoms with van der Waals surface area (Å²) in [6.45, 7) is 0. The maximum absolute atomic E-state index is 9.89. The molecule has 0 bridgehead atoms. The first-order valence-electron chi connectivity index (χ1n) is 1.66. The van der Waals surface area contributed by atoms with Crippen LogP contribution in [-0.2, 0) is 9.59 Å². The van der Waals surface area contributed by atoms with E-state index in [4.69, 9.17) is 0 Å². The molecule has 0 aliphatic carbocycles. The van der Waals surface area contributed by atoms with Crippen molar-refractivity contribution >= 4 is 31.3 Å². The van der Waals surface area contributed by atoms with Gasteiger partial charge in [-0.25, -0.2) is 0 Å². The minimum absolute atomic E-state index is 0.179. The molecule has 0 N–H and O–H groups in total. The largest absolute Gasteiger partial charge is 0.299 e. The quantitative estimate of drug-likeness (QED) is 0.268. The molecule has 0 saturated carbocycles. The van der Waals surface area contributed by atoms with E-state index in [-0.39, 0.29) is 10.8 Å². The third-order valence-corrected chi connectivity index (χ3v) is 2.90. The Morgan fingerprint density at radius 2 is 1.17 bits per heavy atom. The second-order valence-corrected chi connectivity index (χ2v) is 2.93. The van der Waals surface area contributed by atoms with Gasteiger partial charge in [-0.05, 0) is 0 Å². The number of hydrogen-bond donors (Lipinski definition) is 0. The van der Waals surface area contributed by atoms with E-state index >= 15 is 0 Å². The van der Waals surface area contributed by atoms with Crippen molar-refractivity contribution in [2.45, 2.75) is 0 Å². The minimum atomic E-state index is -0.179. The van der Waals surface area contributed by atoms with Crippen LogP contribution in [0.25, 0.3) is 0 Å². The van der Waals surface area contributed by atoms with Crippen LogP contribution in [-0.4, -0.2) is 31.3 Å². The molecule has 34 valence electrons. The van der Waals surface area contributed by atoms with Crippen LogP contribution in [0.1, 0.15) is 0 Å². The maximum Gasteiger partial charge on any atom is 0.157 e. The molecular formula is C2H6O2Si2. The van der Waals surface area contributed by atoms with Gasteiger partial charge in [-0.15, -0.1) is 0 Å². The van der Waals surface area contributed by atoms with Crippen LogP contribution in [0.4, 0.5) is 0 Å². The smallest absolute Gasteiger partial charge is 0.157 e. The number of carbonyl (C=O) groups is 2. The summed E-state index contributed by atoms with van der Waals surface area (Å²) in [5, 5.41) is -0.358. The van der Waals surface area contributed by atoms with E-state index < -0.39 is 0 Å². The molecule has 0 aromatic rings. The fourth-order valence-corrected chi connectivity index (χ4v) is 0. The van der Waals surface area contributed by atoms with Crippen molar-refractivity contribution in [2.75, 3.05) is 0 Å². The molecule has 0 atom stereocenters. The van der Waals surface area contributed by atoms with E-state index in [0.717, 1.165) is 0 Å². The molecule has 6 heavy (non-hydrogen) atoms. The molecule has 0 rings (SSSR count). The molecule has 0 radical (unpaired) electrons. The van der Waals surface area contributed by atoms with Crippen molar-refractivity contribution in [1.29, 1.82) is 0 Å². The summed E-state index contributed by atoms with van der Waals surface area (Å²) in [7, 11) is 0.799. The fraction of sp³-hybridized carbons (Fsp3) is 0. The summed E-state index contributed by atoms with van der Waals surface area (Å²) in [5.74, 6) is 0. The lowest BCUT2D eigenvalue weighted by Crippen LogP contribution is -2.11. The molecule has 0 saturated heterocycles. The third-order valence-electron chi connectivity index (χ3n) is 0.496. The first-order valence-corrected chi connectivity index (χ1v) is 3.66. The fourth-order valence-electron chi connectivity index (χ4n) is 0. The normalized spacial score (nSPS) is 8.67. The van der Waals surface area contributed by atoms with Crippen LogP contribution >= 0.6 is 0 Å². The van der Waals surface area contributed by atoms with E-state index in [2.05, 4.69) is 0 Å². The third kappa shape index (κ3) is 2.04. The monoisotopic (exact) mass is 118 g/mol. The molecule has 0 aromatic carbocycles. The van der Waals surface area contributed by atoms with Gasteiger partial charge >= 0.3 is 0 Å². The first-order chi connectivity index (χ1) is 2.64. The summed E-state index contributed by atoms with van der Waals surface area (Å²) >= 11 is 0. The first kappa shape index (κ1) is 5.77. The Kier molecular flexibility index (Phi) is 1.96. The highest BCUT2D eigenvalue weighted by Crippen LogP contribution is 1.54. The Morgan fingerprint density at radius 3 is 1.17 bits per heavy atom. The van der Waals surface area contributed by atoms with Crippen molar-refractivity contribution in [3.8, 4) is 0 Å². The molecule has 0 amide bonds. The molecule has 0 heterocycles. The van der Waals surface area contributed by atoms with Gasteiger partial charge in [0.1, 0.15) is 0 Å². The summed E-state index contributed by atoms with van der Waals surface area (Å²) in [6.07, 6.45) is 0. The zero-order valence-electron chi connectivity index (χ0n) is 3.82. The highest BCUT2D eigenvalue weighted by molar-refractivity contribution is 6.93. The number of hydrogen-bond acceptors (Lipinski definition) is 2. The van der Waals surface area contributed by atoms with Crippen LogP contribution in [0.15, 0.2) is 0 Å². The zero-order chi connectivity index (χ0) is 5.15. The Balaban J connectivity index is 3.57. The summed E-state index contributed by atoms with van der Waals surface area (Å²) in [5.41, 5.74) is 0. The van der Waals surface area contributed by atoms with Gasteiger partial charge < -0.3 is 0 Å². The van der Waals surface area contributed by atoms with Gasteiger partial charge in [0.25, 0.3) is 0 Å². The molecule has 4 heteroatoms. The highest BCUT2D eigenvalue weighted by atomic mass is 28.2. The molecule has 0 aromatic heterocycles. The Bertz CT molecular complexity index is 75.5. The zero-order valence-corrected chi connectivity index (χ0v) is 7.82. The summed E-state index contributed by atoms with van der Waals surface area (Å²) in [4.78, 5) is 19.8. The highest BCUT2D eigenvalue weighted by Gasteiger charge is 1.93. The van der Waals surface area contributed by atoms with Gasteiger partial charge in [-0.3, -0.25) is 9.59 Å². The minimum Gasteiger partial charge on any atom is -0.299 e. The van der Waals surface area contributed by atoms with Crippen LogP contribution in [0.2, 0.25) is 0 Å². The van der Waals surface area contributed by atoms with Gasteiger partial charge in [0.15, 0.2) is 10.8 Å². The average molecular weight is 118 g/mol. The SMILES string of the molecule is O=C([SiH3])C(=O)[SiH3]. The average Bonchev–Trinajstić information content (AvgIpc) is 1.36. The second kappa shape index (κ2) is 2.04. The van der Waals surface area contributed by atoms with Crippen LogP contribution in [0.3, 0.4) is 0 Å². The Morgan fingerprint density at radius 1 is 1.00 bits per heavy atom. The van der Waals surface area contributed by atoms with E-state index in [0.29, 0.717) is 20.5 Å². The van der Waals surface area contributed by atoms with Gasteiger partial charge in [-0.2, -0.15) is 0 Å². The van der Waals surface area contributed by atoms with Crippen molar-refractivity contribution in [1.82, 2.24) is 0 Å². The topological polar surface area (TPSA) is 34.1 Å². The molecule has 2 nitrogen and oxygen atoms in total. The lowest BCUT2D eigenvalue weighted by Gasteiger charge is -1.74. The molecule has 0 fully saturated rings. The molecule has 0 aliphatic rings. The van der Waals surface area contributed by atoms with Gasteiger partial charge in [0.05, 0.1) is 20.5 Å². The molecule has 0 spiro atoms. The summed E-state index contributed by atoms with van der Waals surface area (Å²) < 4.78 is 0. The summed E-state index contributed by atoms with van der Waals surface area (Å²) in [6, 6.07) is 0. The van der Waals surface area contributed by atoms with Crippen LogP contribution < -0.4 is 0 Å². The van der Waals surface area contributed by atoms with E-state index in [1.807, 2.05) is 0 Å². The van der Waals surface area contributed by atoms with Gasteiger partial charge in [-0.1, -0.05) is 0 Å². The van der Waals surface area contributed by atoms with Crippen molar-refractivity contribution in [3.63, 3.8) is 0 Å². The van der Waals surface area contributed by atoms with Crippen molar-refractivity contribution < 1.29 is 9.59 Å². The lowest BCUT2D eigenvalue weighted by atomic mass is 10.9. The van der Waals surface area contributed by atoms with E-state index in [1.54, 1.807) is 0 Å². The van der Waals surface area contributed by atoms with Crippen molar-refractivity contribution in [3.05, 3.63) is 0 Å². The van der Waals surface area contributed by atoms with E-state index in [9.17, 15) is 9.59 Å². The number of rotatable bonds is 1. The molecule has 0 aliphatic heterocycles. The molecular weight excluding hydrogens is 112 g/mol. The predicted octanol–water partition coefficient (Wildman–Crippen LogP) is -3.23. The maximum atomic E-state index is 9.89. The second-order valence-electron chi connectivity index (χ2n) is 1.11.